The summed E-state index contributed by atoms with van der Waals surface area (Å²) in [6.07, 6.45) is 1.87. The van der Waals surface area contributed by atoms with Crippen LogP contribution in [0.5, 0.6) is 5.75 Å². The number of rotatable bonds is 4. The number of anilines is 1. The van der Waals surface area contributed by atoms with Gasteiger partial charge in [-0.05, 0) is 37.6 Å². The monoisotopic (exact) mass is 305 g/mol. The number of piperidine rings is 1. The highest BCUT2D eigenvalue weighted by Gasteiger charge is 2.22. The smallest absolute Gasteiger partial charge is 0.253 e. The minimum Gasteiger partial charge on any atom is -0.495 e. The molecule has 0 bridgehead atoms. The highest BCUT2D eigenvalue weighted by molar-refractivity contribution is 5.98. The molecule has 1 unspecified atom stereocenters. The second kappa shape index (κ2) is 7.26. The van der Waals surface area contributed by atoms with Crippen molar-refractivity contribution < 1.29 is 14.3 Å². The van der Waals surface area contributed by atoms with E-state index in [4.69, 9.17) is 4.74 Å². The van der Waals surface area contributed by atoms with Crippen LogP contribution in [0.1, 0.15) is 23.2 Å². The van der Waals surface area contributed by atoms with E-state index in [1.807, 2.05) is 0 Å². The summed E-state index contributed by atoms with van der Waals surface area (Å²) >= 11 is 0. The number of nitrogens with zero attached hydrogens (tertiary/aromatic N) is 1. The van der Waals surface area contributed by atoms with E-state index in [0.29, 0.717) is 23.5 Å². The van der Waals surface area contributed by atoms with Crippen molar-refractivity contribution in [2.24, 2.45) is 5.92 Å². The van der Waals surface area contributed by atoms with Gasteiger partial charge >= 0.3 is 0 Å². The average Bonchev–Trinajstić information content (AvgIpc) is 2.54. The van der Waals surface area contributed by atoms with Crippen LogP contribution in [-0.2, 0) is 4.79 Å². The molecule has 1 fully saturated rings. The molecule has 0 saturated carbocycles. The third kappa shape index (κ3) is 3.76. The lowest BCUT2D eigenvalue weighted by Gasteiger charge is -2.22. The lowest BCUT2D eigenvalue weighted by atomic mass is 9.98. The molecule has 120 valence electrons. The number of benzene rings is 1. The molecule has 1 atom stereocenters. The topological polar surface area (TPSA) is 70.7 Å². The summed E-state index contributed by atoms with van der Waals surface area (Å²) in [7, 11) is 4.93. The van der Waals surface area contributed by atoms with Gasteiger partial charge in [-0.1, -0.05) is 0 Å². The lowest BCUT2D eigenvalue weighted by Crippen LogP contribution is -2.37. The Hall–Kier alpha value is -2.08. The van der Waals surface area contributed by atoms with Gasteiger partial charge in [0.1, 0.15) is 5.75 Å². The summed E-state index contributed by atoms with van der Waals surface area (Å²) < 4.78 is 5.27. The third-order valence-corrected chi connectivity index (χ3v) is 3.78. The van der Waals surface area contributed by atoms with Crippen molar-refractivity contribution in [3.05, 3.63) is 23.8 Å². The zero-order valence-corrected chi connectivity index (χ0v) is 13.3. The van der Waals surface area contributed by atoms with Gasteiger partial charge in [0.05, 0.1) is 18.7 Å². The van der Waals surface area contributed by atoms with Gasteiger partial charge in [-0.3, -0.25) is 9.59 Å². The lowest BCUT2D eigenvalue weighted by molar-refractivity contribution is -0.120. The first-order chi connectivity index (χ1) is 10.5. The SMILES string of the molecule is COc1ccc(C(=O)N(C)C)cc1NC(=O)C1CCCNC1. The molecule has 2 rings (SSSR count). The van der Waals surface area contributed by atoms with Gasteiger partial charge in [-0.2, -0.15) is 0 Å². The fourth-order valence-corrected chi connectivity index (χ4v) is 2.51. The van der Waals surface area contributed by atoms with E-state index in [0.717, 1.165) is 19.4 Å². The van der Waals surface area contributed by atoms with Crippen LogP contribution < -0.4 is 15.4 Å². The van der Waals surface area contributed by atoms with E-state index in [9.17, 15) is 9.59 Å². The van der Waals surface area contributed by atoms with Crippen molar-refractivity contribution >= 4 is 17.5 Å². The first kappa shape index (κ1) is 16.3. The maximum absolute atomic E-state index is 12.3. The number of hydrogen-bond acceptors (Lipinski definition) is 4. The maximum atomic E-state index is 12.3. The second-order valence-electron chi connectivity index (χ2n) is 5.65. The first-order valence-electron chi connectivity index (χ1n) is 7.44. The molecule has 22 heavy (non-hydrogen) atoms. The standard InChI is InChI=1S/C16H23N3O3/c1-19(2)16(21)11-6-7-14(22-3)13(9-11)18-15(20)12-5-4-8-17-10-12/h6-7,9,12,17H,4-5,8,10H2,1-3H3,(H,18,20). The molecule has 2 N–H and O–H groups in total. The zero-order valence-electron chi connectivity index (χ0n) is 13.3. The van der Waals surface area contributed by atoms with Crippen molar-refractivity contribution in [1.82, 2.24) is 10.2 Å². The fraction of sp³-hybridized carbons (Fsp3) is 0.500. The minimum absolute atomic E-state index is 0.0417. The fourth-order valence-electron chi connectivity index (χ4n) is 2.51. The molecule has 6 nitrogen and oxygen atoms in total. The van der Waals surface area contributed by atoms with Crippen LogP contribution in [-0.4, -0.2) is 51.0 Å². The summed E-state index contributed by atoms with van der Waals surface area (Å²) in [6.45, 7) is 1.64. The van der Waals surface area contributed by atoms with Crippen molar-refractivity contribution in [1.29, 1.82) is 0 Å². The first-order valence-corrected chi connectivity index (χ1v) is 7.44. The third-order valence-electron chi connectivity index (χ3n) is 3.78. The van der Waals surface area contributed by atoms with Crippen LogP contribution in [0.15, 0.2) is 18.2 Å². The van der Waals surface area contributed by atoms with E-state index in [1.54, 1.807) is 39.4 Å². The Kier molecular flexibility index (Phi) is 5.38. The van der Waals surface area contributed by atoms with Crippen LogP contribution in [0.25, 0.3) is 0 Å². The van der Waals surface area contributed by atoms with Crippen LogP contribution >= 0.6 is 0 Å². The predicted molar refractivity (Wildman–Crippen MR) is 85.2 cm³/mol. The number of methoxy groups -OCH3 is 1. The molecule has 0 aliphatic carbocycles. The van der Waals surface area contributed by atoms with Gasteiger partial charge in [0, 0.05) is 26.2 Å². The van der Waals surface area contributed by atoms with E-state index < -0.39 is 0 Å². The summed E-state index contributed by atoms with van der Waals surface area (Å²) in [6, 6.07) is 5.06. The molecular weight excluding hydrogens is 282 g/mol. The van der Waals surface area contributed by atoms with Crippen LogP contribution in [0.4, 0.5) is 5.69 Å². The van der Waals surface area contributed by atoms with Crippen molar-refractivity contribution in [3.8, 4) is 5.75 Å². The molecule has 1 aromatic carbocycles. The number of carbonyl (C=O) groups is 2. The molecule has 0 aromatic heterocycles. The number of hydrogen-bond donors (Lipinski definition) is 2. The average molecular weight is 305 g/mol. The number of amides is 2. The maximum Gasteiger partial charge on any atom is 0.253 e. The van der Waals surface area contributed by atoms with Crippen molar-refractivity contribution in [3.63, 3.8) is 0 Å². The molecule has 1 aliphatic rings. The Morgan fingerprint density at radius 2 is 2.14 bits per heavy atom. The summed E-state index contributed by atoms with van der Waals surface area (Å²) in [5, 5.41) is 6.11. The molecule has 1 saturated heterocycles. The van der Waals surface area contributed by atoms with E-state index in [1.165, 1.54) is 4.90 Å². The second-order valence-corrected chi connectivity index (χ2v) is 5.65. The molecule has 6 heteroatoms. The van der Waals surface area contributed by atoms with Gasteiger partial charge in [-0.25, -0.2) is 0 Å². The summed E-state index contributed by atoms with van der Waals surface area (Å²) in [4.78, 5) is 25.9. The van der Waals surface area contributed by atoms with Gasteiger partial charge in [0.2, 0.25) is 5.91 Å². The number of ether oxygens (including phenoxy) is 1. The Morgan fingerprint density at radius 3 is 2.73 bits per heavy atom. The molecule has 2 amide bonds. The number of nitrogens with one attached hydrogen (secondary N) is 2. The van der Waals surface area contributed by atoms with Crippen molar-refractivity contribution in [2.45, 2.75) is 12.8 Å². The molecule has 1 heterocycles. The van der Waals surface area contributed by atoms with Crippen LogP contribution in [0.3, 0.4) is 0 Å². The quantitative estimate of drug-likeness (QED) is 0.880. The van der Waals surface area contributed by atoms with E-state index in [-0.39, 0.29) is 17.7 Å². The molecule has 0 spiro atoms. The molecule has 1 aromatic rings. The highest BCUT2D eigenvalue weighted by Crippen LogP contribution is 2.27. The molecule has 0 radical (unpaired) electrons. The van der Waals surface area contributed by atoms with Gasteiger partial charge in [0.15, 0.2) is 0 Å². The van der Waals surface area contributed by atoms with Crippen molar-refractivity contribution in [2.75, 3.05) is 39.6 Å². The van der Waals surface area contributed by atoms with E-state index in [2.05, 4.69) is 10.6 Å². The Morgan fingerprint density at radius 1 is 1.36 bits per heavy atom. The summed E-state index contributed by atoms with van der Waals surface area (Å²) in [5.41, 5.74) is 1.05. The molecular formula is C16H23N3O3. The summed E-state index contributed by atoms with van der Waals surface area (Å²) in [5.74, 6) is 0.344. The Bertz CT molecular complexity index is 552. The van der Waals surface area contributed by atoms with Crippen LogP contribution in [0, 0.1) is 5.92 Å². The van der Waals surface area contributed by atoms with Gasteiger partial charge < -0.3 is 20.3 Å². The highest BCUT2D eigenvalue weighted by atomic mass is 16.5. The normalized spacial score (nSPS) is 17.7. The number of carbonyl (C=O) groups excluding carboxylic acids is 2. The Labute approximate surface area is 130 Å². The zero-order chi connectivity index (χ0) is 16.1. The largest absolute Gasteiger partial charge is 0.495 e. The van der Waals surface area contributed by atoms with Gasteiger partial charge in [0.25, 0.3) is 5.91 Å². The molecule has 1 aliphatic heterocycles. The predicted octanol–water partition coefficient (Wildman–Crippen LogP) is 1.34. The van der Waals surface area contributed by atoms with Crippen LogP contribution in [0.2, 0.25) is 0 Å². The Balaban J connectivity index is 2.18. The van der Waals surface area contributed by atoms with Gasteiger partial charge in [-0.15, -0.1) is 0 Å². The minimum atomic E-state index is -0.113. The van der Waals surface area contributed by atoms with E-state index >= 15 is 0 Å².